The lowest BCUT2D eigenvalue weighted by Crippen LogP contribution is -2.19. The van der Waals surface area contributed by atoms with Crippen molar-refractivity contribution in [3.8, 4) is 0 Å². The number of carbonyl (C=O) groups is 1. The molecule has 0 fully saturated rings. The quantitative estimate of drug-likeness (QED) is 0.460. The van der Waals surface area contributed by atoms with Crippen molar-refractivity contribution in [2.45, 2.75) is 6.42 Å². The van der Waals surface area contributed by atoms with Crippen molar-refractivity contribution < 1.29 is 14.8 Å². The molecule has 0 rings (SSSR count). The number of hydrogen-bond donors (Lipinski definition) is 2. The number of carboxylic acid groups (broad SMARTS) is 1. The van der Waals surface area contributed by atoms with E-state index in [0.717, 1.165) is 6.20 Å². The summed E-state index contributed by atoms with van der Waals surface area (Å²) in [7, 11) is 0. The number of nitrogens with two attached hydrogens (primary N) is 1. The monoisotopic (exact) mass is 201 g/mol. The maximum atomic E-state index is 10.2. The first-order chi connectivity index (χ1) is 6.47. The average Bonchev–Trinajstić information content (AvgIpc) is 2.11. The molecule has 0 aromatic carbocycles. The van der Waals surface area contributed by atoms with E-state index < -0.39 is 16.7 Å². The lowest BCUT2D eigenvalue weighted by atomic mass is 10.4. The molecule has 0 aromatic rings. The summed E-state index contributed by atoms with van der Waals surface area (Å²) in [6.07, 6.45) is 2.14. The van der Waals surface area contributed by atoms with Crippen molar-refractivity contribution in [1.82, 2.24) is 4.90 Å². The van der Waals surface area contributed by atoms with Gasteiger partial charge in [-0.05, 0) is 11.1 Å². The summed E-state index contributed by atoms with van der Waals surface area (Å²) in [5.41, 5.74) is 5.02. The van der Waals surface area contributed by atoms with Crippen LogP contribution in [0.15, 0.2) is 24.8 Å². The van der Waals surface area contributed by atoms with Gasteiger partial charge >= 0.3 is 11.8 Å². The van der Waals surface area contributed by atoms with Gasteiger partial charge < -0.3 is 20.1 Å². The van der Waals surface area contributed by atoms with Crippen molar-refractivity contribution in [2.24, 2.45) is 5.73 Å². The van der Waals surface area contributed by atoms with E-state index in [2.05, 4.69) is 6.58 Å². The Kier molecular flexibility index (Phi) is 4.76. The van der Waals surface area contributed by atoms with Crippen LogP contribution in [0.1, 0.15) is 6.42 Å². The highest BCUT2D eigenvalue weighted by atomic mass is 16.6. The van der Waals surface area contributed by atoms with Crippen molar-refractivity contribution in [1.29, 1.82) is 0 Å². The predicted molar refractivity (Wildman–Crippen MR) is 48.4 cm³/mol. The van der Waals surface area contributed by atoms with Crippen LogP contribution in [0.3, 0.4) is 0 Å². The summed E-state index contributed by atoms with van der Waals surface area (Å²) in [6.45, 7) is 3.45. The molecule has 0 atom stereocenters. The van der Waals surface area contributed by atoms with E-state index in [9.17, 15) is 14.9 Å². The number of nitrogens with zero attached hydrogens (tertiary/aromatic N) is 2. The topological polar surface area (TPSA) is 110 Å². The van der Waals surface area contributed by atoms with Crippen molar-refractivity contribution in [3.63, 3.8) is 0 Å². The second kappa shape index (κ2) is 5.57. The Morgan fingerprint density at radius 2 is 2.29 bits per heavy atom. The van der Waals surface area contributed by atoms with E-state index in [-0.39, 0.29) is 13.0 Å². The normalized spacial score (nSPS) is 10.7. The van der Waals surface area contributed by atoms with E-state index >= 15 is 0 Å². The van der Waals surface area contributed by atoms with Gasteiger partial charge in [-0.1, -0.05) is 6.58 Å². The molecule has 0 amide bonds. The standard InChI is InChI=1S/C7H11N3O4/c1-2-9(4-3-7(11)12)5-6(8)10(13)14/h2,5H,1,3-4,8H2,(H,11,12)/b6-5+. The number of rotatable bonds is 6. The summed E-state index contributed by atoms with van der Waals surface area (Å²) in [4.78, 5) is 20.8. The van der Waals surface area contributed by atoms with Gasteiger partial charge in [-0.3, -0.25) is 10.5 Å². The van der Waals surface area contributed by atoms with Crippen LogP contribution in [0.25, 0.3) is 0 Å². The highest BCUT2D eigenvalue weighted by Gasteiger charge is 2.05. The highest BCUT2D eigenvalue weighted by molar-refractivity contribution is 5.66. The molecule has 14 heavy (non-hydrogen) atoms. The molecular formula is C7H11N3O4. The van der Waals surface area contributed by atoms with Crippen LogP contribution in [0.5, 0.6) is 0 Å². The Hall–Kier alpha value is -2.05. The summed E-state index contributed by atoms with van der Waals surface area (Å²) in [5, 5.41) is 18.5. The SMILES string of the molecule is C=CN(/C=C(\N)[N+](=O)[O-])CCC(=O)O. The Morgan fingerprint density at radius 3 is 2.64 bits per heavy atom. The molecule has 0 aliphatic heterocycles. The Morgan fingerprint density at radius 1 is 1.71 bits per heavy atom. The predicted octanol–water partition coefficient (Wildman–Crippen LogP) is -0.0591. The molecule has 0 aliphatic carbocycles. The third-order valence-electron chi connectivity index (χ3n) is 1.33. The lowest BCUT2D eigenvalue weighted by molar-refractivity contribution is -0.427. The molecule has 0 spiro atoms. The molecule has 7 nitrogen and oxygen atoms in total. The van der Waals surface area contributed by atoms with Gasteiger partial charge in [-0.25, -0.2) is 0 Å². The molecule has 0 saturated carbocycles. The zero-order valence-electron chi connectivity index (χ0n) is 7.42. The fraction of sp³-hybridized carbons (Fsp3) is 0.286. The van der Waals surface area contributed by atoms with Crippen LogP contribution in [-0.4, -0.2) is 27.4 Å². The van der Waals surface area contributed by atoms with Gasteiger partial charge in [0.1, 0.15) is 0 Å². The Bertz CT molecular complexity index is 274. The van der Waals surface area contributed by atoms with E-state index in [1.54, 1.807) is 0 Å². The minimum absolute atomic E-state index is 0.0906. The maximum Gasteiger partial charge on any atom is 0.330 e. The van der Waals surface area contributed by atoms with Gasteiger partial charge in [0.05, 0.1) is 12.6 Å². The zero-order valence-corrected chi connectivity index (χ0v) is 7.42. The number of hydrogen-bond acceptors (Lipinski definition) is 5. The van der Waals surface area contributed by atoms with Gasteiger partial charge in [0, 0.05) is 6.54 Å². The van der Waals surface area contributed by atoms with Crippen LogP contribution in [0.2, 0.25) is 0 Å². The van der Waals surface area contributed by atoms with Gasteiger partial charge in [0.15, 0.2) is 0 Å². The Balaban J connectivity index is 4.28. The molecular weight excluding hydrogens is 190 g/mol. The molecule has 0 saturated heterocycles. The van der Waals surface area contributed by atoms with Gasteiger partial charge in [0.25, 0.3) is 0 Å². The van der Waals surface area contributed by atoms with Crippen LogP contribution < -0.4 is 5.73 Å². The van der Waals surface area contributed by atoms with Crippen LogP contribution in [-0.2, 0) is 4.79 Å². The van der Waals surface area contributed by atoms with Crippen LogP contribution >= 0.6 is 0 Å². The third kappa shape index (κ3) is 4.75. The van der Waals surface area contributed by atoms with Crippen LogP contribution in [0.4, 0.5) is 0 Å². The van der Waals surface area contributed by atoms with Crippen molar-refractivity contribution in [3.05, 3.63) is 34.9 Å². The van der Waals surface area contributed by atoms with E-state index in [1.165, 1.54) is 11.1 Å². The fourth-order valence-corrected chi connectivity index (χ4v) is 0.650. The summed E-state index contributed by atoms with van der Waals surface area (Å²) >= 11 is 0. The fourth-order valence-electron chi connectivity index (χ4n) is 0.650. The number of nitro groups is 1. The van der Waals surface area contributed by atoms with Crippen molar-refractivity contribution in [2.75, 3.05) is 6.54 Å². The first-order valence-corrected chi connectivity index (χ1v) is 3.69. The largest absolute Gasteiger partial charge is 0.481 e. The summed E-state index contributed by atoms with van der Waals surface area (Å²) in [5.74, 6) is -1.56. The number of aliphatic carboxylic acids is 1. The summed E-state index contributed by atoms with van der Waals surface area (Å²) in [6, 6.07) is 0. The molecule has 0 radical (unpaired) electrons. The maximum absolute atomic E-state index is 10.2. The van der Waals surface area contributed by atoms with E-state index in [4.69, 9.17) is 10.8 Å². The minimum atomic E-state index is -0.995. The molecule has 0 bridgehead atoms. The number of carboxylic acids is 1. The van der Waals surface area contributed by atoms with E-state index in [1.807, 2.05) is 0 Å². The van der Waals surface area contributed by atoms with E-state index in [0.29, 0.717) is 0 Å². The van der Waals surface area contributed by atoms with Gasteiger partial charge in [-0.15, -0.1) is 0 Å². The summed E-state index contributed by atoms with van der Waals surface area (Å²) < 4.78 is 0. The molecule has 78 valence electrons. The molecule has 3 N–H and O–H groups in total. The zero-order chi connectivity index (χ0) is 11.1. The average molecular weight is 201 g/mol. The highest BCUT2D eigenvalue weighted by Crippen LogP contribution is 1.96. The minimum Gasteiger partial charge on any atom is -0.481 e. The molecule has 0 unspecified atom stereocenters. The lowest BCUT2D eigenvalue weighted by Gasteiger charge is -2.12. The van der Waals surface area contributed by atoms with Crippen molar-refractivity contribution >= 4 is 5.97 Å². The molecule has 7 heteroatoms. The smallest absolute Gasteiger partial charge is 0.330 e. The first-order valence-electron chi connectivity index (χ1n) is 3.69. The Labute approximate surface area is 80.3 Å². The van der Waals surface area contributed by atoms with Gasteiger partial charge in [0.2, 0.25) is 0 Å². The molecule has 0 aliphatic rings. The van der Waals surface area contributed by atoms with Gasteiger partial charge in [-0.2, -0.15) is 0 Å². The molecule has 0 aromatic heterocycles. The second-order valence-electron chi connectivity index (χ2n) is 2.38. The second-order valence-corrected chi connectivity index (χ2v) is 2.38. The molecule has 0 heterocycles. The first kappa shape index (κ1) is 11.9. The third-order valence-corrected chi connectivity index (χ3v) is 1.33. The van der Waals surface area contributed by atoms with Crippen LogP contribution in [0, 0.1) is 10.1 Å².